The molecule has 0 amide bonds. The highest BCUT2D eigenvalue weighted by molar-refractivity contribution is 5.92. The van der Waals surface area contributed by atoms with E-state index in [0.717, 1.165) is 31.2 Å². The number of unbranched alkanes of at least 4 members (excludes halogenated alkanes) is 1. The lowest BCUT2D eigenvalue weighted by Gasteiger charge is -2.24. The number of ether oxygens (including phenoxy) is 2. The third-order valence-corrected chi connectivity index (χ3v) is 5.09. The number of carbonyl (C=O) groups excluding carboxylic acids is 2. The molecule has 1 heterocycles. The van der Waals surface area contributed by atoms with Gasteiger partial charge < -0.3 is 14.6 Å². The van der Waals surface area contributed by atoms with Crippen LogP contribution in [0, 0.1) is 12.8 Å². The molecule has 2 rings (SSSR count). The number of rotatable bonds is 9. The molecule has 5 nitrogen and oxygen atoms in total. The first-order valence-corrected chi connectivity index (χ1v) is 9.72. The molecule has 0 spiro atoms. The molecule has 1 fully saturated rings. The van der Waals surface area contributed by atoms with Gasteiger partial charge in [0.25, 0.3) is 0 Å². The van der Waals surface area contributed by atoms with Crippen LogP contribution in [0.2, 0.25) is 0 Å². The molecule has 2 atom stereocenters. The van der Waals surface area contributed by atoms with Gasteiger partial charge in [-0.15, -0.1) is 0 Å². The van der Waals surface area contributed by atoms with Crippen LogP contribution in [0.5, 0.6) is 0 Å². The van der Waals surface area contributed by atoms with E-state index in [9.17, 15) is 14.7 Å². The molecule has 1 aromatic rings. The smallest absolute Gasteiger partial charge is 0.338 e. The van der Waals surface area contributed by atoms with Gasteiger partial charge in [0, 0.05) is 12.0 Å². The maximum absolute atomic E-state index is 12.3. The van der Waals surface area contributed by atoms with Crippen molar-refractivity contribution in [2.75, 3.05) is 13.2 Å². The van der Waals surface area contributed by atoms with Crippen LogP contribution < -0.4 is 0 Å². The molecule has 1 saturated heterocycles. The number of allylic oxidation sites excluding steroid dienone is 1. The molecular formula is C22H30O5. The predicted octanol–water partition coefficient (Wildman–Crippen LogP) is 3.97. The zero-order chi connectivity index (χ0) is 19.9. The molecule has 5 heteroatoms. The average Bonchev–Trinajstić information content (AvgIpc) is 2.99. The summed E-state index contributed by atoms with van der Waals surface area (Å²) < 4.78 is 10.8. The van der Waals surface area contributed by atoms with Crippen molar-refractivity contribution in [3.05, 3.63) is 47.0 Å². The summed E-state index contributed by atoms with van der Waals surface area (Å²) in [6.07, 6.45) is 6.42. The Morgan fingerprint density at radius 1 is 1.37 bits per heavy atom. The van der Waals surface area contributed by atoms with Crippen molar-refractivity contribution in [2.45, 2.75) is 58.5 Å². The van der Waals surface area contributed by atoms with Crippen molar-refractivity contribution in [1.82, 2.24) is 0 Å². The Kier molecular flexibility index (Phi) is 7.60. The molecule has 0 aliphatic carbocycles. The molecule has 2 unspecified atom stereocenters. The number of aryl methyl sites for hydroxylation is 1. The van der Waals surface area contributed by atoms with Crippen LogP contribution in [0.4, 0.5) is 0 Å². The molecule has 1 aliphatic heterocycles. The quantitative estimate of drug-likeness (QED) is 0.523. The predicted molar refractivity (Wildman–Crippen MR) is 103 cm³/mol. The summed E-state index contributed by atoms with van der Waals surface area (Å²) in [6.45, 7) is 5.52. The third kappa shape index (κ3) is 5.42. The average molecular weight is 374 g/mol. The molecule has 1 aromatic carbocycles. The van der Waals surface area contributed by atoms with E-state index in [0.29, 0.717) is 17.1 Å². The van der Waals surface area contributed by atoms with Crippen LogP contribution in [-0.2, 0) is 14.3 Å². The first kappa shape index (κ1) is 21.2. The highest BCUT2D eigenvalue weighted by Gasteiger charge is 2.44. The fraction of sp³-hybridized carbons (Fsp3) is 0.545. The van der Waals surface area contributed by atoms with Gasteiger partial charge in [-0.1, -0.05) is 51.0 Å². The van der Waals surface area contributed by atoms with E-state index in [2.05, 4.69) is 13.8 Å². The van der Waals surface area contributed by atoms with Gasteiger partial charge in [0.15, 0.2) is 5.60 Å². The van der Waals surface area contributed by atoms with Gasteiger partial charge in [0.05, 0.1) is 12.2 Å². The summed E-state index contributed by atoms with van der Waals surface area (Å²) in [5, 5.41) is 9.83. The summed E-state index contributed by atoms with van der Waals surface area (Å²) in [7, 11) is 0. The van der Waals surface area contributed by atoms with Crippen molar-refractivity contribution in [3.8, 4) is 0 Å². The molecule has 0 aromatic heterocycles. The first-order chi connectivity index (χ1) is 12.9. The normalized spacial score (nSPS) is 21.9. The summed E-state index contributed by atoms with van der Waals surface area (Å²) in [5.41, 5.74) is 0.658. The largest absolute Gasteiger partial charge is 0.458 e. The number of aliphatic hydroxyl groups excluding tert-OH is 1. The minimum Gasteiger partial charge on any atom is -0.458 e. The van der Waals surface area contributed by atoms with Crippen molar-refractivity contribution in [3.63, 3.8) is 0 Å². The number of benzene rings is 1. The Morgan fingerprint density at radius 3 is 2.74 bits per heavy atom. The minimum absolute atomic E-state index is 0.161. The van der Waals surface area contributed by atoms with Crippen molar-refractivity contribution in [1.29, 1.82) is 0 Å². The zero-order valence-electron chi connectivity index (χ0n) is 16.5. The van der Waals surface area contributed by atoms with E-state index in [1.165, 1.54) is 0 Å². The van der Waals surface area contributed by atoms with Gasteiger partial charge >= 0.3 is 11.9 Å². The highest BCUT2D eigenvalue weighted by Crippen LogP contribution is 2.33. The lowest BCUT2D eigenvalue weighted by molar-refractivity contribution is -0.154. The van der Waals surface area contributed by atoms with Gasteiger partial charge in [-0.2, -0.15) is 0 Å². The number of hydrogen-bond acceptors (Lipinski definition) is 5. The Labute approximate surface area is 161 Å². The fourth-order valence-electron chi connectivity index (χ4n) is 3.29. The SMILES string of the molecule is CCCCC(/C=C1\CC(CO)(COC(=O)c2ccccc2C)OC1=O)CC. The lowest BCUT2D eigenvalue weighted by Crippen LogP contribution is -2.39. The van der Waals surface area contributed by atoms with E-state index in [-0.39, 0.29) is 19.6 Å². The maximum atomic E-state index is 12.3. The molecular weight excluding hydrogens is 344 g/mol. The Balaban J connectivity index is 2.06. The zero-order valence-corrected chi connectivity index (χ0v) is 16.5. The van der Waals surface area contributed by atoms with Gasteiger partial charge in [-0.25, -0.2) is 9.59 Å². The van der Waals surface area contributed by atoms with E-state index < -0.39 is 17.5 Å². The van der Waals surface area contributed by atoms with Crippen LogP contribution in [0.15, 0.2) is 35.9 Å². The third-order valence-electron chi connectivity index (χ3n) is 5.09. The number of carbonyl (C=O) groups is 2. The van der Waals surface area contributed by atoms with Crippen LogP contribution in [0.1, 0.15) is 61.9 Å². The fourth-order valence-corrected chi connectivity index (χ4v) is 3.29. The molecule has 148 valence electrons. The number of aliphatic hydroxyl groups is 1. The molecule has 0 radical (unpaired) electrons. The number of hydrogen-bond donors (Lipinski definition) is 1. The minimum atomic E-state index is -1.19. The van der Waals surface area contributed by atoms with Crippen molar-refractivity contribution in [2.24, 2.45) is 5.92 Å². The summed E-state index contributed by atoms with van der Waals surface area (Å²) in [6, 6.07) is 7.13. The van der Waals surface area contributed by atoms with Gasteiger partial charge in [0.2, 0.25) is 0 Å². The Hall–Kier alpha value is -2.14. The summed E-state index contributed by atoms with van der Waals surface area (Å²) >= 11 is 0. The monoisotopic (exact) mass is 374 g/mol. The van der Waals surface area contributed by atoms with Gasteiger partial charge in [0.1, 0.15) is 6.61 Å². The molecule has 1 N–H and O–H groups in total. The van der Waals surface area contributed by atoms with E-state index in [1.54, 1.807) is 12.1 Å². The van der Waals surface area contributed by atoms with Crippen LogP contribution in [0.3, 0.4) is 0 Å². The van der Waals surface area contributed by atoms with E-state index in [1.807, 2.05) is 25.1 Å². The number of esters is 2. The molecule has 0 bridgehead atoms. The van der Waals surface area contributed by atoms with E-state index in [4.69, 9.17) is 9.47 Å². The maximum Gasteiger partial charge on any atom is 0.338 e. The van der Waals surface area contributed by atoms with Crippen LogP contribution >= 0.6 is 0 Å². The van der Waals surface area contributed by atoms with Crippen molar-refractivity contribution >= 4 is 11.9 Å². The van der Waals surface area contributed by atoms with Gasteiger partial charge in [-0.05, 0) is 37.3 Å². The lowest BCUT2D eigenvalue weighted by atomic mass is 9.93. The Morgan fingerprint density at radius 2 is 2.11 bits per heavy atom. The molecule has 27 heavy (non-hydrogen) atoms. The second-order valence-corrected chi connectivity index (χ2v) is 7.30. The van der Waals surface area contributed by atoms with Crippen LogP contribution in [0.25, 0.3) is 0 Å². The number of cyclic esters (lactones) is 1. The highest BCUT2D eigenvalue weighted by atomic mass is 16.6. The molecule has 0 saturated carbocycles. The van der Waals surface area contributed by atoms with Crippen molar-refractivity contribution < 1.29 is 24.2 Å². The summed E-state index contributed by atoms with van der Waals surface area (Å²) in [4.78, 5) is 24.6. The Bertz CT molecular complexity index is 694. The summed E-state index contributed by atoms with van der Waals surface area (Å²) in [5.74, 6) is -0.591. The standard InChI is InChI=1S/C22H30O5/c1-4-6-10-17(5-2)12-18-13-22(14-23,27-20(18)24)15-26-21(25)19-11-8-7-9-16(19)3/h7-9,11-12,17,23H,4-6,10,13-15H2,1-3H3/b18-12+. The second-order valence-electron chi connectivity index (χ2n) is 7.30. The van der Waals surface area contributed by atoms with E-state index >= 15 is 0 Å². The second kappa shape index (κ2) is 9.70. The molecule has 1 aliphatic rings. The van der Waals surface area contributed by atoms with Crippen LogP contribution in [-0.4, -0.2) is 35.9 Å². The first-order valence-electron chi connectivity index (χ1n) is 9.72. The van der Waals surface area contributed by atoms with Gasteiger partial charge in [-0.3, -0.25) is 0 Å². The topological polar surface area (TPSA) is 72.8 Å².